The van der Waals surface area contributed by atoms with Gasteiger partial charge in [-0.05, 0) is 43.3 Å². The summed E-state index contributed by atoms with van der Waals surface area (Å²) in [5.74, 6) is -0.534. The number of amides is 2. The molecule has 0 saturated carbocycles. The lowest BCUT2D eigenvalue weighted by molar-refractivity contribution is -0.123. The summed E-state index contributed by atoms with van der Waals surface area (Å²) in [5.41, 5.74) is 2.13. The molecule has 0 aliphatic carbocycles. The van der Waals surface area contributed by atoms with Crippen molar-refractivity contribution in [3.63, 3.8) is 0 Å². The topological polar surface area (TPSA) is 103 Å². The highest BCUT2D eigenvalue weighted by Crippen LogP contribution is 2.17. The molecule has 9 nitrogen and oxygen atoms in total. The van der Waals surface area contributed by atoms with Crippen LogP contribution in [0.25, 0.3) is 0 Å². The number of piperazine rings is 1. The van der Waals surface area contributed by atoms with Crippen LogP contribution in [0.3, 0.4) is 0 Å². The summed E-state index contributed by atoms with van der Waals surface area (Å²) in [6.07, 6.45) is -0.0323. The minimum atomic E-state index is -0.689. The van der Waals surface area contributed by atoms with Crippen LogP contribution in [0.5, 0.6) is 0 Å². The number of nitrogens with zero attached hydrogens (tertiary/aromatic N) is 3. The lowest BCUT2D eigenvalue weighted by atomic mass is 10.1. The molecular weight excluding hydrogens is 422 g/mol. The Kier molecular flexibility index (Phi) is 6.87. The predicted octanol–water partition coefficient (Wildman–Crippen LogP) is 1.87. The van der Waals surface area contributed by atoms with E-state index in [0.717, 1.165) is 26.2 Å². The number of hydrogen-bond acceptors (Lipinski definition) is 7. The number of aliphatic imine (C=N–C) groups is 1. The largest absolute Gasteiger partial charge is 0.462 e. The van der Waals surface area contributed by atoms with E-state index >= 15 is 0 Å². The Morgan fingerprint density at radius 3 is 2.36 bits per heavy atom. The number of para-hydroxylation sites is 1. The van der Waals surface area contributed by atoms with Gasteiger partial charge in [0.05, 0.1) is 18.6 Å². The van der Waals surface area contributed by atoms with E-state index < -0.39 is 12.0 Å². The van der Waals surface area contributed by atoms with Crippen molar-refractivity contribution in [3.8, 4) is 0 Å². The minimum Gasteiger partial charge on any atom is -0.462 e. The number of carbonyl (C=O) groups is 3. The average Bonchev–Trinajstić information content (AvgIpc) is 3.20. The van der Waals surface area contributed by atoms with E-state index in [0.29, 0.717) is 23.8 Å². The Morgan fingerprint density at radius 1 is 1.03 bits per heavy atom. The van der Waals surface area contributed by atoms with Gasteiger partial charge in [-0.2, -0.15) is 4.99 Å². The van der Waals surface area contributed by atoms with Gasteiger partial charge in [-0.3, -0.25) is 9.59 Å². The number of nitrogens with one attached hydrogen (secondary N) is 2. The van der Waals surface area contributed by atoms with Gasteiger partial charge < -0.3 is 25.2 Å². The van der Waals surface area contributed by atoms with Crippen molar-refractivity contribution in [2.45, 2.75) is 19.4 Å². The Hall–Kier alpha value is -3.88. The molecule has 1 atom stereocenters. The third-order valence-corrected chi connectivity index (χ3v) is 5.59. The van der Waals surface area contributed by atoms with Crippen molar-refractivity contribution >= 4 is 35.1 Å². The zero-order chi connectivity index (χ0) is 23.2. The van der Waals surface area contributed by atoms with Crippen molar-refractivity contribution < 1.29 is 19.1 Å². The summed E-state index contributed by atoms with van der Waals surface area (Å²) in [4.78, 5) is 45.0. The van der Waals surface area contributed by atoms with Gasteiger partial charge in [0.2, 0.25) is 11.9 Å². The SMILES string of the molecule is CCOC(=O)c1ccc(NC(=O)CC2NC(N3CCN(c4ccccc4)CC3)=NC2=O)cc1. The number of benzene rings is 2. The summed E-state index contributed by atoms with van der Waals surface area (Å²) in [6, 6.07) is 16.0. The highest BCUT2D eigenvalue weighted by atomic mass is 16.5. The van der Waals surface area contributed by atoms with E-state index in [1.165, 1.54) is 5.69 Å². The molecule has 2 aliphatic rings. The first-order valence-electron chi connectivity index (χ1n) is 11.0. The summed E-state index contributed by atoms with van der Waals surface area (Å²) in [6.45, 7) is 5.16. The number of carbonyl (C=O) groups excluding carboxylic acids is 3. The molecule has 1 unspecified atom stereocenters. The van der Waals surface area contributed by atoms with Gasteiger partial charge in [-0.25, -0.2) is 4.79 Å². The standard InChI is InChI=1S/C24H27N5O4/c1-2-33-23(32)17-8-10-18(11-9-17)25-21(30)16-20-22(31)27-24(26-20)29-14-12-28(13-15-29)19-6-4-3-5-7-19/h3-11,20H,2,12-16H2,1H3,(H,25,30)(H,26,27,31). The molecule has 33 heavy (non-hydrogen) atoms. The molecule has 4 rings (SSSR count). The normalized spacial score (nSPS) is 17.9. The van der Waals surface area contributed by atoms with Crippen LogP contribution < -0.4 is 15.5 Å². The van der Waals surface area contributed by atoms with Gasteiger partial charge in [0.15, 0.2) is 0 Å². The quantitative estimate of drug-likeness (QED) is 0.649. The molecule has 2 amide bonds. The molecule has 0 spiro atoms. The van der Waals surface area contributed by atoms with E-state index in [1.54, 1.807) is 31.2 Å². The van der Waals surface area contributed by atoms with E-state index in [2.05, 4.69) is 32.7 Å². The predicted molar refractivity (Wildman–Crippen MR) is 125 cm³/mol. The number of esters is 1. The second-order valence-electron chi connectivity index (χ2n) is 7.83. The maximum atomic E-state index is 12.5. The van der Waals surface area contributed by atoms with E-state index in [9.17, 15) is 14.4 Å². The van der Waals surface area contributed by atoms with Crippen molar-refractivity contribution in [3.05, 3.63) is 60.2 Å². The van der Waals surface area contributed by atoms with Crippen LogP contribution in [0.15, 0.2) is 59.6 Å². The second kappa shape index (κ2) is 10.2. The Bertz CT molecular complexity index is 1030. The van der Waals surface area contributed by atoms with Gasteiger partial charge in [0, 0.05) is 37.6 Å². The van der Waals surface area contributed by atoms with E-state index in [-0.39, 0.29) is 18.2 Å². The third-order valence-electron chi connectivity index (χ3n) is 5.59. The minimum absolute atomic E-state index is 0.0323. The first-order chi connectivity index (χ1) is 16.0. The third kappa shape index (κ3) is 5.49. The molecule has 0 aromatic heterocycles. The second-order valence-corrected chi connectivity index (χ2v) is 7.83. The fourth-order valence-corrected chi connectivity index (χ4v) is 3.85. The number of anilines is 2. The van der Waals surface area contributed by atoms with Crippen LogP contribution in [0.2, 0.25) is 0 Å². The van der Waals surface area contributed by atoms with Gasteiger partial charge in [-0.1, -0.05) is 18.2 Å². The molecule has 2 aliphatic heterocycles. The smallest absolute Gasteiger partial charge is 0.338 e. The van der Waals surface area contributed by atoms with Gasteiger partial charge in [0.25, 0.3) is 5.91 Å². The molecule has 0 bridgehead atoms. The molecule has 1 fully saturated rings. The molecule has 9 heteroatoms. The fourth-order valence-electron chi connectivity index (χ4n) is 3.85. The first kappa shape index (κ1) is 22.3. The molecule has 2 heterocycles. The van der Waals surface area contributed by atoms with Crippen LogP contribution >= 0.6 is 0 Å². The van der Waals surface area contributed by atoms with Crippen LogP contribution in [-0.4, -0.2) is 67.5 Å². The summed E-state index contributed by atoms with van der Waals surface area (Å²) in [7, 11) is 0. The molecule has 2 aromatic carbocycles. The molecule has 172 valence electrons. The summed E-state index contributed by atoms with van der Waals surface area (Å²) in [5, 5.41) is 5.86. The zero-order valence-electron chi connectivity index (χ0n) is 18.5. The highest BCUT2D eigenvalue weighted by Gasteiger charge is 2.32. The Balaban J connectivity index is 1.26. The number of ether oxygens (including phenoxy) is 1. The van der Waals surface area contributed by atoms with Gasteiger partial charge >= 0.3 is 5.97 Å². The Morgan fingerprint density at radius 2 is 1.70 bits per heavy atom. The molecule has 0 radical (unpaired) electrons. The van der Waals surface area contributed by atoms with Crippen molar-refractivity contribution in [2.24, 2.45) is 4.99 Å². The maximum Gasteiger partial charge on any atom is 0.338 e. The van der Waals surface area contributed by atoms with E-state index in [4.69, 9.17) is 4.74 Å². The highest BCUT2D eigenvalue weighted by molar-refractivity contribution is 6.05. The van der Waals surface area contributed by atoms with Crippen LogP contribution in [0.1, 0.15) is 23.7 Å². The first-order valence-corrected chi connectivity index (χ1v) is 11.0. The average molecular weight is 450 g/mol. The number of rotatable bonds is 6. The molecule has 2 N–H and O–H groups in total. The Labute approximate surface area is 192 Å². The van der Waals surface area contributed by atoms with Gasteiger partial charge in [0.1, 0.15) is 6.04 Å². The number of guanidine groups is 1. The fraction of sp³-hybridized carbons (Fsp3) is 0.333. The van der Waals surface area contributed by atoms with Crippen molar-refractivity contribution in [1.82, 2.24) is 10.2 Å². The lowest BCUT2D eigenvalue weighted by Crippen LogP contribution is -2.52. The summed E-state index contributed by atoms with van der Waals surface area (Å²) >= 11 is 0. The van der Waals surface area contributed by atoms with Gasteiger partial charge in [-0.15, -0.1) is 0 Å². The van der Waals surface area contributed by atoms with Crippen molar-refractivity contribution in [1.29, 1.82) is 0 Å². The van der Waals surface area contributed by atoms with Crippen molar-refractivity contribution in [2.75, 3.05) is 43.0 Å². The van der Waals surface area contributed by atoms with Crippen LogP contribution in [-0.2, 0) is 14.3 Å². The molecular formula is C24H27N5O4. The van der Waals surface area contributed by atoms with E-state index in [1.807, 2.05) is 23.1 Å². The monoisotopic (exact) mass is 449 g/mol. The zero-order valence-corrected chi connectivity index (χ0v) is 18.5. The lowest BCUT2D eigenvalue weighted by Gasteiger charge is -2.37. The number of hydrogen-bond donors (Lipinski definition) is 2. The van der Waals surface area contributed by atoms with Crippen LogP contribution in [0, 0.1) is 0 Å². The summed E-state index contributed by atoms with van der Waals surface area (Å²) < 4.78 is 4.95. The van der Waals surface area contributed by atoms with Crippen LogP contribution in [0.4, 0.5) is 11.4 Å². The molecule has 1 saturated heterocycles. The molecule has 2 aromatic rings. The maximum absolute atomic E-state index is 12.5.